The van der Waals surface area contributed by atoms with Crippen molar-refractivity contribution < 1.29 is 18.3 Å². The van der Waals surface area contributed by atoms with Gasteiger partial charge in [-0.1, -0.05) is 12.6 Å². The summed E-state index contributed by atoms with van der Waals surface area (Å²) in [4.78, 5) is 16.2. The average Bonchev–Trinajstić information content (AvgIpc) is 3.63. The Labute approximate surface area is 274 Å². The number of likely N-dealkylation sites (tertiary alicyclic amines) is 1. The first-order valence-electron chi connectivity index (χ1n) is 15.4. The maximum atomic E-state index is 12.9. The molecule has 1 aliphatic heterocycles. The number of fused-ring (bicyclic) bond motifs is 2. The van der Waals surface area contributed by atoms with Crippen LogP contribution in [0.5, 0.6) is 0 Å². The summed E-state index contributed by atoms with van der Waals surface area (Å²) in [5.41, 5.74) is 5.57. The standard InChI is InChI=1S/C34H35F3N8OS/c1-3-31(46)42-25-6-5-23(39-18-25)10-13-45-26(17-38)14-28-21(2)22(4-7-30(28)45)19-44-11-8-24(9-12-44)43-32-29-15-27(16-34(35,36)37)47-33(29)41-20-40-32/h3-7,14-15,18,20,24,31,42,46H,1,8-13,16,19H2,2H3,(H,40,41,43). The smallest absolute Gasteiger partial charge is 0.370 e. The normalized spacial score (nSPS) is 15.1. The van der Waals surface area contributed by atoms with Gasteiger partial charge in [-0.15, -0.1) is 11.3 Å². The van der Waals surface area contributed by atoms with Gasteiger partial charge in [0.2, 0.25) is 0 Å². The summed E-state index contributed by atoms with van der Waals surface area (Å²) in [5, 5.41) is 27.7. The van der Waals surface area contributed by atoms with Gasteiger partial charge in [-0.05, 0) is 67.3 Å². The van der Waals surface area contributed by atoms with Crippen molar-refractivity contribution in [2.24, 2.45) is 0 Å². The molecule has 3 N–H and O–H groups in total. The van der Waals surface area contributed by atoms with E-state index in [9.17, 15) is 23.5 Å². The van der Waals surface area contributed by atoms with E-state index in [1.807, 2.05) is 22.8 Å². The number of hydrogen-bond acceptors (Lipinski definition) is 9. The molecule has 1 aromatic carbocycles. The second kappa shape index (κ2) is 13.7. The second-order valence-corrected chi connectivity index (χ2v) is 12.9. The second-order valence-electron chi connectivity index (χ2n) is 11.8. The lowest BCUT2D eigenvalue weighted by molar-refractivity contribution is -0.126. The van der Waals surface area contributed by atoms with Crippen LogP contribution < -0.4 is 10.6 Å². The highest BCUT2D eigenvalue weighted by molar-refractivity contribution is 7.18. The van der Waals surface area contributed by atoms with Crippen LogP contribution in [0.2, 0.25) is 0 Å². The Morgan fingerprint density at radius 1 is 1.15 bits per heavy atom. The van der Waals surface area contributed by atoms with Gasteiger partial charge in [0, 0.05) is 60.1 Å². The van der Waals surface area contributed by atoms with E-state index in [0.717, 1.165) is 66.0 Å². The van der Waals surface area contributed by atoms with Gasteiger partial charge >= 0.3 is 6.18 Å². The summed E-state index contributed by atoms with van der Waals surface area (Å²) in [6.45, 7) is 8.78. The summed E-state index contributed by atoms with van der Waals surface area (Å²) >= 11 is 1.06. The van der Waals surface area contributed by atoms with E-state index < -0.39 is 18.8 Å². The molecule has 9 nitrogen and oxygen atoms in total. The van der Waals surface area contributed by atoms with Crippen molar-refractivity contribution in [3.63, 3.8) is 0 Å². The van der Waals surface area contributed by atoms with Crippen LogP contribution in [0.3, 0.4) is 0 Å². The van der Waals surface area contributed by atoms with Crippen molar-refractivity contribution in [2.75, 3.05) is 23.7 Å². The molecule has 4 aromatic heterocycles. The average molecular weight is 661 g/mol. The van der Waals surface area contributed by atoms with Crippen molar-refractivity contribution in [3.05, 3.63) is 89.0 Å². The molecule has 5 aromatic rings. The predicted octanol–water partition coefficient (Wildman–Crippen LogP) is 6.56. The highest BCUT2D eigenvalue weighted by Gasteiger charge is 2.29. The minimum Gasteiger partial charge on any atom is -0.370 e. The Morgan fingerprint density at radius 2 is 1.96 bits per heavy atom. The Morgan fingerprint density at radius 3 is 2.66 bits per heavy atom. The van der Waals surface area contributed by atoms with Crippen LogP contribution in [-0.2, 0) is 25.9 Å². The molecule has 0 spiro atoms. The zero-order valence-electron chi connectivity index (χ0n) is 25.9. The van der Waals surface area contributed by atoms with Gasteiger partial charge in [-0.25, -0.2) is 9.97 Å². The molecule has 0 aliphatic carbocycles. The van der Waals surface area contributed by atoms with Crippen LogP contribution in [0.15, 0.2) is 61.6 Å². The monoisotopic (exact) mass is 660 g/mol. The number of aryl methyl sites for hydroxylation is 3. The lowest BCUT2D eigenvalue weighted by atomic mass is 10.0. The number of aliphatic hydroxyl groups is 1. The van der Waals surface area contributed by atoms with Crippen LogP contribution in [0, 0.1) is 18.3 Å². The molecule has 13 heteroatoms. The predicted molar refractivity (Wildman–Crippen MR) is 178 cm³/mol. The molecule has 0 amide bonds. The zero-order chi connectivity index (χ0) is 33.1. The van der Waals surface area contributed by atoms with E-state index in [4.69, 9.17) is 0 Å². The lowest BCUT2D eigenvalue weighted by Crippen LogP contribution is -2.39. The molecule has 5 heterocycles. The van der Waals surface area contributed by atoms with Crippen molar-refractivity contribution in [1.82, 2.24) is 24.4 Å². The van der Waals surface area contributed by atoms with E-state index >= 15 is 0 Å². The molecule has 1 unspecified atom stereocenters. The summed E-state index contributed by atoms with van der Waals surface area (Å²) in [6, 6.07) is 14.0. The molecule has 1 atom stereocenters. The van der Waals surface area contributed by atoms with E-state index in [1.165, 1.54) is 18.0 Å². The SMILES string of the molecule is C=CC(O)Nc1ccc(CCn2c(C#N)cc3c(C)c(CN4CCC(Nc5ncnc6sc(CC(F)(F)F)cc56)CC4)ccc32)nc1. The fourth-order valence-corrected chi connectivity index (χ4v) is 7.14. The quantitative estimate of drug-likeness (QED) is 0.108. The lowest BCUT2D eigenvalue weighted by Gasteiger charge is -2.33. The number of aliphatic hydroxyl groups excluding tert-OH is 1. The molecule has 0 radical (unpaired) electrons. The molecular formula is C34H35F3N8OS. The van der Waals surface area contributed by atoms with E-state index in [0.29, 0.717) is 40.4 Å². The van der Waals surface area contributed by atoms with Gasteiger partial charge in [-0.2, -0.15) is 18.4 Å². The Balaban J connectivity index is 1.08. The minimum atomic E-state index is -4.26. The van der Waals surface area contributed by atoms with E-state index in [2.05, 4.69) is 62.2 Å². The van der Waals surface area contributed by atoms with E-state index in [-0.39, 0.29) is 10.9 Å². The number of nitriles is 1. The molecule has 1 saturated heterocycles. The number of anilines is 2. The van der Waals surface area contributed by atoms with Crippen LogP contribution in [0.25, 0.3) is 21.1 Å². The maximum absolute atomic E-state index is 12.9. The Hall–Kier alpha value is -4.51. The first-order valence-corrected chi connectivity index (χ1v) is 16.2. The summed E-state index contributed by atoms with van der Waals surface area (Å²) in [7, 11) is 0. The Bertz CT molecular complexity index is 1920. The molecule has 0 bridgehead atoms. The van der Waals surface area contributed by atoms with Gasteiger partial charge in [-0.3, -0.25) is 9.88 Å². The number of piperidine rings is 1. The topological polar surface area (TPSA) is 115 Å². The number of nitrogens with zero attached hydrogens (tertiary/aromatic N) is 6. The zero-order valence-corrected chi connectivity index (χ0v) is 26.7. The number of aromatic nitrogens is 4. The van der Waals surface area contributed by atoms with Gasteiger partial charge in [0.15, 0.2) is 0 Å². The summed E-state index contributed by atoms with van der Waals surface area (Å²) in [5.74, 6) is 0.588. The first kappa shape index (κ1) is 32.4. The van der Waals surface area contributed by atoms with Crippen LogP contribution >= 0.6 is 11.3 Å². The number of benzene rings is 1. The van der Waals surface area contributed by atoms with Crippen LogP contribution in [0.1, 0.15) is 40.2 Å². The fraction of sp³-hybridized carbons (Fsp3) is 0.353. The minimum absolute atomic E-state index is 0.159. The van der Waals surface area contributed by atoms with E-state index in [1.54, 1.807) is 12.3 Å². The molecule has 1 aliphatic rings. The number of nitrogens with one attached hydrogen (secondary N) is 2. The molecule has 47 heavy (non-hydrogen) atoms. The van der Waals surface area contributed by atoms with Gasteiger partial charge in [0.05, 0.1) is 23.7 Å². The number of hydrogen-bond donors (Lipinski definition) is 3. The third-order valence-electron chi connectivity index (χ3n) is 8.61. The third kappa shape index (κ3) is 7.56. The van der Waals surface area contributed by atoms with Crippen LogP contribution in [0.4, 0.5) is 24.7 Å². The number of rotatable bonds is 11. The fourth-order valence-electron chi connectivity index (χ4n) is 6.11. The van der Waals surface area contributed by atoms with Crippen molar-refractivity contribution in [1.29, 1.82) is 5.26 Å². The van der Waals surface area contributed by atoms with Gasteiger partial charge in [0.1, 0.15) is 35.0 Å². The number of alkyl halides is 3. The highest BCUT2D eigenvalue weighted by atomic mass is 32.1. The van der Waals surface area contributed by atoms with Crippen LogP contribution in [-0.4, -0.2) is 61.1 Å². The summed E-state index contributed by atoms with van der Waals surface area (Å²) < 4.78 is 40.8. The maximum Gasteiger partial charge on any atom is 0.393 e. The third-order valence-corrected chi connectivity index (χ3v) is 9.66. The molecule has 6 rings (SSSR count). The molecule has 1 fully saturated rings. The summed E-state index contributed by atoms with van der Waals surface area (Å²) in [6.07, 6.45) is 0.808. The largest absolute Gasteiger partial charge is 0.393 e. The Kier molecular flexibility index (Phi) is 9.45. The van der Waals surface area contributed by atoms with Gasteiger partial charge < -0.3 is 20.3 Å². The van der Waals surface area contributed by atoms with Crippen molar-refractivity contribution in [3.8, 4) is 6.07 Å². The first-order chi connectivity index (χ1) is 22.6. The molecule has 0 saturated carbocycles. The van der Waals surface area contributed by atoms with Gasteiger partial charge in [0.25, 0.3) is 0 Å². The molecular weight excluding hydrogens is 625 g/mol. The van der Waals surface area contributed by atoms with Crippen molar-refractivity contribution in [2.45, 2.75) is 64.1 Å². The van der Waals surface area contributed by atoms with Crippen molar-refractivity contribution >= 4 is 44.0 Å². The number of halogens is 3. The number of pyridine rings is 1. The number of thiophene rings is 1. The highest BCUT2D eigenvalue weighted by Crippen LogP contribution is 2.33. The molecule has 244 valence electrons.